The van der Waals surface area contributed by atoms with Gasteiger partial charge in [0, 0.05) is 6.54 Å². The van der Waals surface area contributed by atoms with Crippen molar-refractivity contribution < 1.29 is 17.9 Å². The minimum Gasteiger partial charge on any atom is -0.494 e. The minimum atomic E-state index is -4.05. The van der Waals surface area contributed by atoms with Crippen molar-refractivity contribution in [3.8, 4) is 5.75 Å². The van der Waals surface area contributed by atoms with E-state index in [4.69, 9.17) is 27.9 Å². The van der Waals surface area contributed by atoms with Gasteiger partial charge in [-0.1, -0.05) is 59.6 Å². The summed E-state index contributed by atoms with van der Waals surface area (Å²) in [6.45, 7) is 2.51. The molecule has 0 heterocycles. The predicted molar refractivity (Wildman–Crippen MR) is 136 cm³/mol. The van der Waals surface area contributed by atoms with E-state index in [0.717, 1.165) is 22.0 Å². The highest BCUT2D eigenvalue weighted by Gasteiger charge is 2.29. The first kappa shape index (κ1) is 25.9. The Hall–Kier alpha value is -2.74. The molecule has 3 aromatic rings. The predicted octanol–water partition coefficient (Wildman–Crippen LogP) is 5.34. The van der Waals surface area contributed by atoms with E-state index < -0.39 is 22.5 Å². The smallest absolute Gasteiger partial charge is 0.264 e. The molecule has 0 spiro atoms. The van der Waals surface area contributed by atoms with Gasteiger partial charge in [-0.15, -0.1) is 0 Å². The first-order valence-corrected chi connectivity index (χ1v) is 13.0. The Morgan fingerprint density at radius 3 is 2.35 bits per heavy atom. The van der Waals surface area contributed by atoms with Gasteiger partial charge in [0.2, 0.25) is 5.91 Å². The van der Waals surface area contributed by atoms with E-state index in [1.165, 1.54) is 18.2 Å². The van der Waals surface area contributed by atoms with Gasteiger partial charge < -0.3 is 10.1 Å². The van der Waals surface area contributed by atoms with Crippen molar-refractivity contribution in [1.82, 2.24) is 5.32 Å². The van der Waals surface area contributed by atoms with Crippen molar-refractivity contribution in [2.75, 3.05) is 24.0 Å². The van der Waals surface area contributed by atoms with Crippen LogP contribution in [0.15, 0.2) is 77.7 Å². The van der Waals surface area contributed by atoms with E-state index in [1.54, 1.807) is 30.3 Å². The molecule has 3 rings (SSSR count). The maximum Gasteiger partial charge on any atom is 0.264 e. The van der Waals surface area contributed by atoms with Crippen LogP contribution in [0.1, 0.15) is 18.9 Å². The van der Waals surface area contributed by atoms with Gasteiger partial charge in [0.25, 0.3) is 10.0 Å². The number of nitrogens with one attached hydrogen (secondary N) is 1. The average Bonchev–Trinajstić information content (AvgIpc) is 2.84. The molecule has 0 aromatic heterocycles. The molecule has 34 heavy (non-hydrogen) atoms. The van der Waals surface area contributed by atoms with E-state index >= 15 is 0 Å². The fourth-order valence-corrected chi connectivity index (χ4v) is 5.23. The van der Waals surface area contributed by atoms with Crippen LogP contribution in [0.3, 0.4) is 0 Å². The molecule has 0 saturated heterocycles. The van der Waals surface area contributed by atoms with Crippen LogP contribution in [-0.2, 0) is 21.2 Å². The fourth-order valence-electron chi connectivity index (χ4n) is 3.33. The molecule has 0 radical (unpaired) electrons. The number of carbonyl (C=O) groups excluding carboxylic acids is 1. The second-order valence-electron chi connectivity index (χ2n) is 7.43. The summed E-state index contributed by atoms with van der Waals surface area (Å²) in [5.74, 6) is 0.376. The molecule has 1 N–H and O–H groups in total. The molecule has 0 aliphatic heterocycles. The topological polar surface area (TPSA) is 75.7 Å². The standard InChI is InChI=1S/C25H26Cl2N2O4S/c1-2-33-20-15-13-19(14-16-20)8-7-17-28-24(30)18-29(23-12-6-11-22(26)25(23)27)34(31,32)21-9-4-3-5-10-21/h3-6,9-16H,2,7-8,17-18H2,1H3,(H,28,30). The molecule has 0 atom stereocenters. The first-order chi connectivity index (χ1) is 16.3. The molecular weight excluding hydrogens is 495 g/mol. The Morgan fingerprint density at radius 2 is 1.68 bits per heavy atom. The van der Waals surface area contributed by atoms with Gasteiger partial charge in [0.15, 0.2) is 0 Å². The Labute approximate surface area is 210 Å². The molecule has 180 valence electrons. The van der Waals surface area contributed by atoms with Crippen molar-refractivity contribution in [1.29, 1.82) is 0 Å². The summed E-state index contributed by atoms with van der Waals surface area (Å²) in [7, 11) is -4.05. The van der Waals surface area contributed by atoms with Gasteiger partial charge in [0.05, 0.1) is 27.2 Å². The minimum absolute atomic E-state index is 0.0503. The summed E-state index contributed by atoms with van der Waals surface area (Å²) < 4.78 is 33.1. The zero-order valence-electron chi connectivity index (χ0n) is 18.7. The van der Waals surface area contributed by atoms with Crippen LogP contribution in [0.25, 0.3) is 0 Å². The van der Waals surface area contributed by atoms with Gasteiger partial charge in [-0.2, -0.15) is 0 Å². The lowest BCUT2D eigenvalue weighted by molar-refractivity contribution is -0.119. The van der Waals surface area contributed by atoms with Crippen molar-refractivity contribution in [2.45, 2.75) is 24.7 Å². The molecule has 0 aliphatic carbocycles. The first-order valence-electron chi connectivity index (χ1n) is 10.8. The summed E-state index contributed by atoms with van der Waals surface area (Å²) in [5, 5.41) is 3.06. The normalized spacial score (nSPS) is 11.1. The maximum atomic E-state index is 13.4. The lowest BCUT2D eigenvalue weighted by atomic mass is 10.1. The number of rotatable bonds is 11. The largest absolute Gasteiger partial charge is 0.494 e. The number of hydrogen-bond acceptors (Lipinski definition) is 4. The van der Waals surface area contributed by atoms with E-state index in [2.05, 4.69) is 5.32 Å². The molecular formula is C25H26Cl2N2O4S. The lowest BCUT2D eigenvalue weighted by Crippen LogP contribution is -2.41. The van der Waals surface area contributed by atoms with Crippen LogP contribution >= 0.6 is 23.2 Å². The molecule has 6 nitrogen and oxygen atoms in total. The zero-order valence-corrected chi connectivity index (χ0v) is 21.0. The lowest BCUT2D eigenvalue weighted by Gasteiger charge is -2.25. The molecule has 0 fully saturated rings. The van der Waals surface area contributed by atoms with E-state index in [0.29, 0.717) is 19.6 Å². The van der Waals surface area contributed by atoms with Crippen LogP contribution in [0.2, 0.25) is 10.0 Å². The number of benzene rings is 3. The second kappa shape index (κ2) is 12.1. The van der Waals surface area contributed by atoms with Crippen LogP contribution in [0.4, 0.5) is 5.69 Å². The van der Waals surface area contributed by atoms with Gasteiger partial charge >= 0.3 is 0 Å². The number of sulfonamides is 1. The van der Waals surface area contributed by atoms with Crippen LogP contribution < -0.4 is 14.4 Å². The second-order valence-corrected chi connectivity index (χ2v) is 10.1. The van der Waals surface area contributed by atoms with Gasteiger partial charge in [-0.3, -0.25) is 9.10 Å². The van der Waals surface area contributed by atoms with Gasteiger partial charge in [-0.05, 0) is 61.7 Å². The summed E-state index contributed by atoms with van der Waals surface area (Å²) in [6, 6.07) is 20.4. The molecule has 0 unspecified atom stereocenters. The summed E-state index contributed by atoms with van der Waals surface area (Å²) in [4.78, 5) is 12.8. The number of carbonyl (C=O) groups is 1. The van der Waals surface area contributed by atoms with Crippen molar-refractivity contribution in [3.63, 3.8) is 0 Å². The highest BCUT2D eigenvalue weighted by atomic mass is 35.5. The number of hydrogen-bond donors (Lipinski definition) is 1. The third-order valence-electron chi connectivity index (χ3n) is 5.02. The molecule has 3 aromatic carbocycles. The summed E-state index contributed by atoms with van der Waals surface area (Å²) in [6.07, 6.45) is 1.46. The SMILES string of the molecule is CCOc1ccc(CCCNC(=O)CN(c2cccc(Cl)c2Cl)S(=O)(=O)c2ccccc2)cc1. The van der Waals surface area contributed by atoms with E-state index in [-0.39, 0.29) is 20.6 Å². The number of ether oxygens (including phenoxy) is 1. The fraction of sp³-hybridized carbons (Fsp3) is 0.240. The Kier molecular flexibility index (Phi) is 9.21. The van der Waals surface area contributed by atoms with Crippen LogP contribution in [0, 0.1) is 0 Å². The molecule has 9 heteroatoms. The molecule has 1 amide bonds. The van der Waals surface area contributed by atoms with Gasteiger partial charge in [0.1, 0.15) is 12.3 Å². The van der Waals surface area contributed by atoms with E-state index in [1.807, 2.05) is 31.2 Å². The summed E-state index contributed by atoms with van der Waals surface area (Å²) >= 11 is 12.4. The van der Waals surface area contributed by atoms with Crippen molar-refractivity contribution >= 4 is 44.8 Å². The average molecular weight is 521 g/mol. The molecule has 0 saturated carbocycles. The Morgan fingerprint density at radius 1 is 0.971 bits per heavy atom. The third-order valence-corrected chi connectivity index (χ3v) is 7.60. The number of halogens is 2. The highest BCUT2D eigenvalue weighted by molar-refractivity contribution is 7.92. The quantitative estimate of drug-likeness (QED) is 0.346. The zero-order chi connectivity index (χ0) is 24.6. The summed E-state index contributed by atoms with van der Waals surface area (Å²) in [5.41, 5.74) is 1.26. The van der Waals surface area contributed by atoms with Crippen LogP contribution in [-0.4, -0.2) is 34.0 Å². The monoisotopic (exact) mass is 520 g/mol. The highest BCUT2D eigenvalue weighted by Crippen LogP contribution is 2.35. The maximum absolute atomic E-state index is 13.4. The number of amides is 1. The van der Waals surface area contributed by atoms with E-state index in [9.17, 15) is 13.2 Å². The van der Waals surface area contributed by atoms with Crippen molar-refractivity contribution in [2.24, 2.45) is 0 Å². The molecule has 0 bridgehead atoms. The molecule has 0 aliphatic rings. The van der Waals surface area contributed by atoms with Gasteiger partial charge in [-0.25, -0.2) is 8.42 Å². The van der Waals surface area contributed by atoms with Crippen molar-refractivity contribution in [3.05, 3.63) is 88.4 Å². The third kappa shape index (κ3) is 6.65. The van der Waals surface area contributed by atoms with Crippen LogP contribution in [0.5, 0.6) is 5.75 Å². The Bertz CT molecular complexity index is 1200. The number of aryl methyl sites for hydroxylation is 1. The number of anilines is 1. The Balaban J connectivity index is 1.67. The number of nitrogens with zero attached hydrogens (tertiary/aromatic N) is 1.